The number of amides is 2. The molecule has 0 saturated carbocycles. The molecule has 1 aromatic heterocycles. The van der Waals surface area contributed by atoms with Gasteiger partial charge in [-0.2, -0.15) is 18.3 Å². The van der Waals surface area contributed by atoms with Crippen LogP contribution < -0.4 is 16.0 Å². The van der Waals surface area contributed by atoms with E-state index in [9.17, 15) is 22.8 Å². The molecule has 0 spiro atoms. The van der Waals surface area contributed by atoms with Crippen LogP contribution >= 0.6 is 0 Å². The minimum Gasteiger partial charge on any atom is -0.366 e. The van der Waals surface area contributed by atoms with Crippen LogP contribution in [-0.4, -0.2) is 34.7 Å². The molecule has 2 amide bonds. The van der Waals surface area contributed by atoms with Gasteiger partial charge in [0.25, 0.3) is 0 Å². The zero-order valence-corrected chi connectivity index (χ0v) is 19.2. The predicted octanol–water partition coefficient (Wildman–Crippen LogP) is 3.89. The van der Waals surface area contributed by atoms with Gasteiger partial charge >= 0.3 is 6.18 Å². The first-order chi connectivity index (χ1) is 16.7. The van der Waals surface area contributed by atoms with Gasteiger partial charge in [-0.3, -0.25) is 14.3 Å². The van der Waals surface area contributed by atoms with Crippen molar-refractivity contribution in [2.75, 3.05) is 18.0 Å². The summed E-state index contributed by atoms with van der Waals surface area (Å²) in [5, 5.41) is 7.46. The molecular formula is C25H26F3N5O2. The Hall–Kier alpha value is -3.82. The molecule has 7 nitrogen and oxygen atoms in total. The van der Waals surface area contributed by atoms with Gasteiger partial charge in [0.1, 0.15) is 0 Å². The van der Waals surface area contributed by atoms with Gasteiger partial charge in [-0.05, 0) is 54.3 Å². The highest BCUT2D eigenvalue weighted by Gasteiger charge is 2.32. The van der Waals surface area contributed by atoms with Gasteiger partial charge in [0.2, 0.25) is 11.8 Å². The molecule has 3 N–H and O–H groups in total. The number of nitrogens with two attached hydrogens (primary N) is 1. The molecule has 0 saturated heterocycles. The average Bonchev–Trinajstić information content (AvgIpc) is 3.24. The number of alkyl halides is 3. The molecule has 4 rings (SSSR count). The number of nitrogens with zero attached hydrogens (tertiary/aromatic N) is 3. The lowest BCUT2D eigenvalue weighted by molar-refractivity contribution is -0.137. The second-order valence-corrected chi connectivity index (χ2v) is 8.58. The number of hydrogen-bond acceptors (Lipinski definition) is 4. The molecule has 2 aromatic carbocycles. The number of anilines is 2. The minimum atomic E-state index is -4.41. The first-order valence-electron chi connectivity index (χ1n) is 11.3. The van der Waals surface area contributed by atoms with Crippen LogP contribution in [0.15, 0.2) is 54.7 Å². The minimum absolute atomic E-state index is 0.0210. The zero-order valence-electron chi connectivity index (χ0n) is 19.2. The number of hydrogen-bond donors (Lipinski definition) is 2. The summed E-state index contributed by atoms with van der Waals surface area (Å²) in [6, 6.07) is 12.0. The highest BCUT2D eigenvalue weighted by Crippen LogP contribution is 2.37. The highest BCUT2D eigenvalue weighted by atomic mass is 19.4. The van der Waals surface area contributed by atoms with E-state index in [0.29, 0.717) is 43.7 Å². The van der Waals surface area contributed by atoms with Crippen LogP contribution in [0, 0.1) is 5.92 Å². The summed E-state index contributed by atoms with van der Waals surface area (Å²) in [5.74, 6) is -0.559. The maximum absolute atomic E-state index is 13.1. The van der Waals surface area contributed by atoms with E-state index in [2.05, 4.69) is 10.4 Å². The van der Waals surface area contributed by atoms with E-state index in [1.807, 2.05) is 15.6 Å². The number of fused-ring (bicyclic) bond motifs is 1. The maximum atomic E-state index is 13.1. The normalized spacial score (nSPS) is 15.5. The number of primary amides is 1. The van der Waals surface area contributed by atoms with E-state index in [-0.39, 0.29) is 11.8 Å². The molecule has 1 atom stereocenters. The summed E-state index contributed by atoms with van der Waals surface area (Å²) < 4.78 is 41.0. The van der Waals surface area contributed by atoms with Gasteiger partial charge in [-0.25, -0.2) is 0 Å². The summed E-state index contributed by atoms with van der Waals surface area (Å²) in [5.41, 5.74) is 8.24. The molecule has 0 aliphatic carbocycles. The smallest absolute Gasteiger partial charge is 0.366 e. The Bertz CT molecular complexity index is 1220. The fourth-order valence-electron chi connectivity index (χ4n) is 4.26. The third kappa shape index (κ3) is 5.47. The van der Waals surface area contributed by atoms with Crippen molar-refractivity contribution in [2.24, 2.45) is 11.7 Å². The van der Waals surface area contributed by atoms with Crippen LogP contribution in [0.2, 0.25) is 0 Å². The summed E-state index contributed by atoms with van der Waals surface area (Å²) >= 11 is 0. The Morgan fingerprint density at radius 3 is 2.57 bits per heavy atom. The van der Waals surface area contributed by atoms with Crippen molar-refractivity contribution in [3.8, 4) is 0 Å². The first-order valence-corrected chi connectivity index (χ1v) is 11.3. The second kappa shape index (κ2) is 9.81. The summed E-state index contributed by atoms with van der Waals surface area (Å²) in [7, 11) is 0. The fraction of sp³-hybridized carbons (Fsp3) is 0.320. The third-order valence-corrected chi connectivity index (χ3v) is 6.10. The maximum Gasteiger partial charge on any atom is 0.416 e. The van der Waals surface area contributed by atoms with Crippen molar-refractivity contribution in [2.45, 2.75) is 32.5 Å². The van der Waals surface area contributed by atoms with Crippen molar-refractivity contribution < 1.29 is 22.8 Å². The fourth-order valence-corrected chi connectivity index (χ4v) is 4.26. The van der Waals surface area contributed by atoms with Crippen molar-refractivity contribution in [1.82, 2.24) is 15.1 Å². The van der Waals surface area contributed by atoms with E-state index in [1.54, 1.807) is 31.3 Å². The van der Waals surface area contributed by atoms with Gasteiger partial charge in [0, 0.05) is 30.8 Å². The quantitative estimate of drug-likeness (QED) is 0.531. The third-order valence-electron chi connectivity index (χ3n) is 6.10. The zero-order chi connectivity index (χ0) is 25.2. The summed E-state index contributed by atoms with van der Waals surface area (Å²) in [6.45, 7) is 3.13. The molecular weight excluding hydrogens is 459 g/mol. The van der Waals surface area contributed by atoms with E-state index in [0.717, 1.165) is 29.1 Å². The molecule has 184 valence electrons. The van der Waals surface area contributed by atoms with Crippen molar-refractivity contribution in [3.05, 3.63) is 77.1 Å². The Balaban J connectivity index is 1.66. The number of aromatic nitrogens is 2. The van der Waals surface area contributed by atoms with E-state index in [4.69, 9.17) is 5.73 Å². The molecule has 1 unspecified atom stereocenters. The van der Waals surface area contributed by atoms with Crippen LogP contribution in [0.5, 0.6) is 0 Å². The average molecular weight is 486 g/mol. The van der Waals surface area contributed by atoms with E-state index >= 15 is 0 Å². The number of benzene rings is 2. The Morgan fingerprint density at radius 1 is 1.17 bits per heavy atom. The first kappa shape index (κ1) is 24.3. The van der Waals surface area contributed by atoms with Gasteiger partial charge in [-0.15, -0.1) is 0 Å². The van der Waals surface area contributed by atoms with Gasteiger partial charge in [-0.1, -0.05) is 19.1 Å². The van der Waals surface area contributed by atoms with Gasteiger partial charge in [0.05, 0.1) is 29.7 Å². The van der Waals surface area contributed by atoms with Gasteiger partial charge < -0.3 is 16.0 Å². The summed E-state index contributed by atoms with van der Waals surface area (Å²) in [6.07, 6.45) is -1.71. The molecule has 1 aliphatic rings. The lowest BCUT2D eigenvalue weighted by Crippen LogP contribution is -2.39. The Morgan fingerprint density at radius 2 is 1.91 bits per heavy atom. The number of carbonyl (C=O) groups excluding carboxylic acids is 2. The molecule has 1 aliphatic heterocycles. The number of rotatable bonds is 7. The highest BCUT2D eigenvalue weighted by molar-refractivity contribution is 5.92. The lowest BCUT2D eigenvalue weighted by Gasteiger charge is -2.34. The van der Waals surface area contributed by atoms with Crippen molar-refractivity contribution in [3.63, 3.8) is 0 Å². The van der Waals surface area contributed by atoms with Crippen molar-refractivity contribution >= 4 is 23.2 Å². The van der Waals surface area contributed by atoms with E-state index < -0.39 is 17.6 Å². The SMILES string of the molecule is CCC(=O)NCC1Cc2c(cnn2Cc2cccc(C(N)=O)c2)N(c2ccc(C(F)(F)F)cc2)C1. The van der Waals surface area contributed by atoms with Gasteiger partial charge in [0.15, 0.2) is 0 Å². The van der Waals surface area contributed by atoms with Crippen LogP contribution in [0.1, 0.15) is 40.5 Å². The monoisotopic (exact) mass is 485 g/mol. The van der Waals surface area contributed by atoms with E-state index in [1.165, 1.54) is 12.1 Å². The van der Waals surface area contributed by atoms with Crippen LogP contribution in [-0.2, 0) is 23.9 Å². The van der Waals surface area contributed by atoms with Crippen molar-refractivity contribution in [1.29, 1.82) is 0 Å². The van der Waals surface area contributed by atoms with Crippen LogP contribution in [0.25, 0.3) is 0 Å². The largest absolute Gasteiger partial charge is 0.416 e. The van der Waals surface area contributed by atoms with Crippen LogP contribution in [0.3, 0.4) is 0 Å². The molecule has 2 heterocycles. The number of halogens is 3. The van der Waals surface area contributed by atoms with Crippen LogP contribution in [0.4, 0.5) is 24.5 Å². The molecule has 35 heavy (non-hydrogen) atoms. The second-order valence-electron chi connectivity index (χ2n) is 8.58. The Kier molecular flexibility index (Phi) is 6.81. The Labute approximate surface area is 200 Å². The molecule has 0 radical (unpaired) electrons. The number of carbonyl (C=O) groups is 2. The topological polar surface area (TPSA) is 93.2 Å². The summed E-state index contributed by atoms with van der Waals surface area (Å²) in [4.78, 5) is 25.3. The molecule has 0 bridgehead atoms. The predicted molar refractivity (Wildman–Crippen MR) is 125 cm³/mol. The molecule has 10 heteroatoms. The standard InChI is InChI=1S/C25H26F3N5O2/c1-2-23(34)30-12-17-11-21-22(32(14-17)20-8-6-19(7-9-20)25(26,27)28)13-31-33(21)15-16-4-3-5-18(10-16)24(29)35/h3-10,13,17H,2,11-12,14-15H2,1H3,(H2,29,35)(H,30,34). The molecule has 3 aromatic rings. The molecule has 0 fully saturated rings. The lowest BCUT2D eigenvalue weighted by atomic mass is 9.96. The number of nitrogens with one attached hydrogen (secondary N) is 1.